The van der Waals surface area contributed by atoms with Crippen LogP contribution in [0.15, 0.2) is 71.2 Å². The summed E-state index contributed by atoms with van der Waals surface area (Å²) in [6.07, 6.45) is -1.45. The first-order valence-electron chi connectivity index (χ1n) is 13.0. The number of amides is 2. The molecule has 2 aromatic carbocycles. The highest BCUT2D eigenvalue weighted by molar-refractivity contribution is 7.13. The van der Waals surface area contributed by atoms with Gasteiger partial charge in [-0.2, -0.15) is 5.06 Å². The number of hydrogen-bond acceptors (Lipinski definition) is 13. The number of cyclic esters (lactones) is 1. The Morgan fingerprint density at radius 3 is 2.33 bits per heavy atom. The minimum absolute atomic E-state index is 0.0656. The van der Waals surface area contributed by atoms with Crippen molar-refractivity contribution in [3.63, 3.8) is 0 Å². The van der Waals surface area contributed by atoms with E-state index in [2.05, 4.69) is 15.5 Å². The fraction of sp³-hybridized carbons (Fsp3) is 0.286. The maximum Gasteiger partial charge on any atom is 0.376 e. The predicted octanol–water partition coefficient (Wildman–Crippen LogP) is 1.06. The summed E-state index contributed by atoms with van der Waals surface area (Å²) in [7, 11) is 1.21. The van der Waals surface area contributed by atoms with Crippen LogP contribution in [0.3, 0.4) is 0 Å². The average molecular weight is 610 g/mol. The average Bonchev–Trinajstić information content (AvgIpc) is 3.72. The van der Waals surface area contributed by atoms with E-state index in [0.717, 1.165) is 11.3 Å². The lowest BCUT2D eigenvalue weighted by molar-refractivity contribution is -0.260. The number of esters is 2. The van der Waals surface area contributed by atoms with Crippen molar-refractivity contribution in [1.82, 2.24) is 15.4 Å². The molecule has 2 fully saturated rings. The molecule has 2 amide bonds. The number of aromatic nitrogens is 1. The van der Waals surface area contributed by atoms with E-state index in [1.807, 2.05) is 0 Å². The Bertz CT molecular complexity index is 1510. The van der Waals surface area contributed by atoms with E-state index >= 15 is 0 Å². The number of carbonyl (C=O) groups is 4. The third-order valence-corrected chi connectivity index (χ3v) is 7.52. The summed E-state index contributed by atoms with van der Waals surface area (Å²) in [6.45, 7) is -1.55. The number of aliphatic hydroxyl groups is 1. The molecule has 0 spiro atoms. The standard InChI is InChI=1S/C28H27N5O9S/c1-39-32-21(19-14-43-26(29)30-19)23(36)31-27(15-34)16-40-33(24(27)37)28(13-12-20(35)42-28)25(38)41-22(17-8-4-2-5-9-17)18-10-6-3-7-11-18/h2-11,14,22,34H,12-13,15-16H2,1H3,(H2,29,30)(H,31,36)/b32-21-/t27-,28?/m0/s1. The summed E-state index contributed by atoms with van der Waals surface area (Å²) in [4.78, 5) is 67.8. The van der Waals surface area contributed by atoms with Gasteiger partial charge in [0.2, 0.25) is 0 Å². The molecule has 4 N–H and O–H groups in total. The van der Waals surface area contributed by atoms with Crippen molar-refractivity contribution >= 4 is 45.9 Å². The van der Waals surface area contributed by atoms with Crippen LogP contribution in [-0.4, -0.2) is 76.2 Å². The van der Waals surface area contributed by atoms with Crippen molar-refractivity contribution in [3.05, 3.63) is 82.9 Å². The number of hydrogen-bond donors (Lipinski definition) is 3. The molecule has 0 radical (unpaired) electrons. The zero-order valence-corrected chi connectivity index (χ0v) is 23.6. The Hall–Kier alpha value is -4.86. The third-order valence-electron chi connectivity index (χ3n) is 6.85. The molecule has 5 rings (SSSR count). The van der Waals surface area contributed by atoms with Gasteiger partial charge in [-0.25, -0.2) is 9.78 Å². The number of nitrogens with zero attached hydrogens (tertiary/aromatic N) is 3. The first-order chi connectivity index (χ1) is 20.7. The van der Waals surface area contributed by atoms with Gasteiger partial charge in [-0.15, -0.1) is 11.3 Å². The number of benzene rings is 2. The molecular formula is C28H27N5O9S. The highest BCUT2D eigenvalue weighted by Crippen LogP contribution is 2.39. The fourth-order valence-corrected chi connectivity index (χ4v) is 5.23. The van der Waals surface area contributed by atoms with Crippen LogP contribution in [0.4, 0.5) is 5.13 Å². The lowest BCUT2D eigenvalue weighted by Gasteiger charge is -2.34. The van der Waals surface area contributed by atoms with Crippen molar-refractivity contribution in [1.29, 1.82) is 0 Å². The number of oxime groups is 1. The summed E-state index contributed by atoms with van der Waals surface area (Å²) in [6, 6.07) is 17.8. The number of nitrogens with one attached hydrogen (secondary N) is 1. The lowest BCUT2D eigenvalue weighted by Crippen LogP contribution is -2.63. The Labute approximate surface area is 248 Å². The first kappa shape index (κ1) is 29.6. The van der Waals surface area contributed by atoms with Crippen molar-refractivity contribution in [2.75, 3.05) is 26.1 Å². The quantitative estimate of drug-likeness (QED) is 0.169. The van der Waals surface area contributed by atoms with Crippen LogP contribution in [0, 0.1) is 0 Å². The molecule has 14 nitrogen and oxygen atoms in total. The number of rotatable bonds is 10. The number of carbonyl (C=O) groups excluding carboxylic acids is 4. The smallest absolute Gasteiger partial charge is 0.376 e. The molecule has 2 aliphatic heterocycles. The number of thiazole rings is 1. The molecule has 1 unspecified atom stereocenters. The summed E-state index contributed by atoms with van der Waals surface area (Å²) < 4.78 is 11.4. The maximum absolute atomic E-state index is 13.9. The molecule has 2 aliphatic rings. The van der Waals surface area contributed by atoms with Crippen molar-refractivity contribution < 1.29 is 43.4 Å². The summed E-state index contributed by atoms with van der Waals surface area (Å²) in [5, 5.41) is 18.6. The van der Waals surface area contributed by atoms with Crippen LogP contribution in [-0.2, 0) is 38.3 Å². The monoisotopic (exact) mass is 609 g/mol. The molecule has 1 aromatic heterocycles. The second-order valence-electron chi connectivity index (χ2n) is 9.63. The second-order valence-corrected chi connectivity index (χ2v) is 10.5. The second kappa shape index (κ2) is 12.2. The topological polar surface area (TPSA) is 192 Å². The number of nitrogens with two attached hydrogens (primary N) is 1. The van der Waals surface area contributed by atoms with Crippen LogP contribution in [0.2, 0.25) is 0 Å². The van der Waals surface area contributed by atoms with Crippen LogP contribution in [0.1, 0.15) is 35.8 Å². The van der Waals surface area contributed by atoms with E-state index in [1.54, 1.807) is 60.7 Å². The Morgan fingerprint density at radius 2 is 1.81 bits per heavy atom. The SMILES string of the molecule is CO/N=C(\C(=O)N[C@@]1(CO)CON(C2(C(=O)OC(c3ccccc3)c3ccccc3)CCC(=O)O2)C1=O)c1csc(N)n1. The van der Waals surface area contributed by atoms with Gasteiger partial charge in [-0.1, -0.05) is 65.8 Å². The summed E-state index contributed by atoms with van der Waals surface area (Å²) >= 11 is 1.05. The Morgan fingerprint density at radius 1 is 1.16 bits per heavy atom. The van der Waals surface area contributed by atoms with Gasteiger partial charge in [0.1, 0.15) is 19.4 Å². The van der Waals surface area contributed by atoms with E-state index in [-0.39, 0.29) is 29.4 Å². The molecule has 3 aromatic rings. The third kappa shape index (κ3) is 5.64. The Balaban J connectivity index is 1.44. The van der Waals surface area contributed by atoms with Gasteiger partial charge in [0, 0.05) is 11.8 Å². The van der Waals surface area contributed by atoms with Crippen LogP contribution in [0.25, 0.3) is 0 Å². The Kier molecular flexibility index (Phi) is 8.38. The molecule has 224 valence electrons. The van der Waals surface area contributed by atoms with Gasteiger partial charge in [-0.3, -0.25) is 19.2 Å². The molecule has 0 aliphatic carbocycles. The number of ether oxygens (including phenoxy) is 2. The summed E-state index contributed by atoms with van der Waals surface area (Å²) in [5.41, 5.74) is 2.24. The normalized spacial score (nSPS) is 22.0. The zero-order valence-electron chi connectivity index (χ0n) is 22.8. The van der Waals surface area contributed by atoms with Gasteiger partial charge in [-0.05, 0) is 11.1 Å². The van der Waals surface area contributed by atoms with Crippen molar-refractivity contribution in [3.8, 4) is 0 Å². The van der Waals surface area contributed by atoms with Gasteiger partial charge in [0.25, 0.3) is 11.8 Å². The number of nitrogen functional groups attached to an aromatic ring is 1. The minimum Gasteiger partial charge on any atom is -0.448 e. The van der Waals surface area contributed by atoms with Gasteiger partial charge >= 0.3 is 17.7 Å². The van der Waals surface area contributed by atoms with Crippen LogP contribution in [0.5, 0.6) is 0 Å². The van der Waals surface area contributed by atoms with Crippen molar-refractivity contribution in [2.24, 2.45) is 5.16 Å². The number of anilines is 1. The van der Waals surface area contributed by atoms with Gasteiger partial charge < -0.3 is 30.5 Å². The fourth-order valence-electron chi connectivity index (χ4n) is 4.68. The van der Waals surface area contributed by atoms with E-state index in [1.165, 1.54) is 12.5 Å². The predicted molar refractivity (Wildman–Crippen MR) is 150 cm³/mol. The van der Waals surface area contributed by atoms with Gasteiger partial charge in [0.05, 0.1) is 13.0 Å². The number of aliphatic hydroxyl groups excluding tert-OH is 1. The molecule has 43 heavy (non-hydrogen) atoms. The van der Waals surface area contributed by atoms with Gasteiger partial charge in [0.15, 0.2) is 22.5 Å². The van der Waals surface area contributed by atoms with E-state index < -0.39 is 54.3 Å². The molecule has 3 heterocycles. The molecule has 0 bridgehead atoms. The molecule has 2 saturated heterocycles. The minimum atomic E-state index is -2.33. The highest BCUT2D eigenvalue weighted by atomic mass is 32.1. The zero-order chi connectivity index (χ0) is 30.6. The molecule has 0 saturated carbocycles. The first-order valence-corrected chi connectivity index (χ1v) is 13.9. The maximum atomic E-state index is 13.9. The van der Waals surface area contributed by atoms with Crippen LogP contribution >= 0.6 is 11.3 Å². The van der Waals surface area contributed by atoms with E-state index in [9.17, 15) is 24.3 Å². The lowest BCUT2D eigenvalue weighted by atomic mass is 9.99. The molecule has 15 heteroatoms. The van der Waals surface area contributed by atoms with Crippen LogP contribution < -0.4 is 11.1 Å². The highest BCUT2D eigenvalue weighted by Gasteiger charge is 2.64. The molecule has 2 atom stereocenters. The van der Waals surface area contributed by atoms with Crippen molar-refractivity contribution in [2.45, 2.75) is 30.2 Å². The van der Waals surface area contributed by atoms with E-state index in [0.29, 0.717) is 16.2 Å². The molecular weight excluding hydrogens is 582 g/mol. The summed E-state index contributed by atoms with van der Waals surface area (Å²) in [5.74, 6) is -3.86. The van der Waals surface area contributed by atoms with E-state index in [4.69, 9.17) is 24.9 Å². The number of hydroxylamine groups is 2. The largest absolute Gasteiger partial charge is 0.448 e.